The van der Waals surface area contributed by atoms with Crippen molar-refractivity contribution in [2.75, 3.05) is 15.8 Å². The van der Waals surface area contributed by atoms with Crippen LogP contribution in [0.25, 0.3) is 11.3 Å². The molecule has 35 heavy (non-hydrogen) atoms. The number of halogens is 3. The number of alkyl halides is 3. The van der Waals surface area contributed by atoms with Gasteiger partial charge < -0.3 is 25.1 Å². The molecular formula is C22H16F3N6O3S-. The fourth-order valence-corrected chi connectivity index (χ4v) is 3.33. The van der Waals surface area contributed by atoms with Gasteiger partial charge in [0.25, 0.3) is 0 Å². The van der Waals surface area contributed by atoms with E-state index < -0.39 is 23.1 Å². The molecule has 0 spiro atoms. The molecule has 4 rings (SSSR count). The number of nitrogen functional groups attached to an aromatic ring is 1. The van der Waals surface area contributed by atoms with Crippen molar-refractivity contribution >= 4 is 34.4 Å². The minimum Gasteiger partial charge on any atom is -0.755 e. The molecule has 2 heterocycles. The summed E-state index contributed by atoms with van der Waals surface area (Å²) in [4.78, 5) is 11.7. The highest BCUT2D eigenvalue weighted by Crippen LogP contribution is 2.31. The van der Waals surface area contributed by atoms with E-state index in [4.69, 9.17) is 10.5 Å². The molecule has 0 amide bonds. The van der Waals surface area contributed by atoms with Crippen LogP contribution in [0.4, 0.5) is 36.3 Å². The Morgan fingerprint density at radius 2 is 1.60 bits per heavy atom. The number of hydrogen-bond acceptors (Lipinski definition) is 8. The zero-order valence-electron chi connectivity index (χ0n) is 17.6. The van der Waals surface area contributed by atoms with Gasteiger partial charge in [-0.25, -0.2) is 4.98 Å². The maximum Gasteiger partial charge on any atom is 0.433 e. The third-order valence-corrected chi connectivity index (χ3v) is 4.91. The summed E-state index contributed by atoms with van der Waals surface area (Å²) in [5.41, 5.74) is 6.99. The average Bonchev–Trinajstić information content (AvgIpc) is 2.80. The molecule has 0 saturated heterocycles. The maximum atomic E-state index is 12.8. The summed E-state index contributed by atoms with van der Waals surface area (Å²) in [7, 11) is 0. The highest BCUT2D eigenvalue weighted by atomic mass is 32.2. The molecule has 0 saturated carbocycles. The molecule has 9 nitrogen and oxygen atoms in total. The Kier molecular flexibility index (Phi) is 6.80. The first kappa shape index (κ1) is 23.9. The third kappa shape index (κ3) is 6.43. The lowest BCUT2D eigenvalue weighted by Gasteiger charge is -2.11. The number of nitrogens with one attached hydrogen (secondary N) is 2. The first-order valence-corrected chi connectivity index (χ1v) is 10.9. The molecule has 0 aliphatic heterocycles. The zero-order chi connectivity index (χ0) is 25.0. The van der Waals surface area contributed by atoms with Gasteiger partial charge in [-0.3, -0.25) is 9.19 Å². The number of ether oxygens (including phenoxy) is 1. The lowest BCUT2D eigenvalue weighted by molar-refractivity contribution is -0.141. The topological polar surface area (TPSA) is 138 Å². The molecule has 13 heteroatoms. The summed E-state index contributed by atoms with van der Waals surface area (Å²) in [5.74, 6) is 0.744. The Bertz CT molecular complexity index is 1350. The molecule has 4 aromatic rings. The van der Waals surface area contributed by atoms with Crippen LogP contribution in [-0.4, -0.2) is 23.7 Å². The lowest BCUT2D eigenvalue weighted by Crippen LogP contribution is -2.07. The summed E-state index contributed by atoms with van der Waals surface area (Å²) >= 11 is -2.43. The van der Waals surface area contributed by atoms with Crippen LogP contribution in [0.5, 0.6) is 11.5 Å². The van der Waals surface area contributed by atoms with E-state index in [1.807, 2.05) is 0 Å². The molecule has 0 aliphatic rings. The first-order valence-electron chi connectivity index (χ1n) is 9.85. The summed E-state index contributed by atoms with van der Waals surface area (Å²) in [6.45, 7) is 0. The fourth-order valence-electron chi connectivity index (χ4n) is 3.00. The van der Waals surface area contributed by atoms with Crippen molar-refractivity contribution in [3.05, 3.63) is 78.6 Å². The van der Waals surface area contributed by atoms with Crippen molar-refractivity contribution in [2.45, 2.75) is 6.18 Å². The van der Waals surface area contributed by atoms with Gasteiger partial charge >= 0.3 is 6.18 Å². The zero-order valence-corrected chi connectivity index (χ0v) is 18.4. The van der Waals surface area contributed by atoms with Crippen LogP contribution in [0, 0.1) is 0 Å². The van der Waals surface area contributed by atoms with Crippen molar-refractivity contribution in [1.29, 1.82) is 0 Å². The van der Waals surface area contributed by atoms with Crippen LogP contribution in [0.15, 0.2) is 72.9 Å². The second-order valence-corrected chi connectivity index (χ2v) is 7.71. The lowest BCUT2D eigenvalue weighted by atomic mass is 10.1. The van der Waals surface area contributed by atoms with Crippen LogP contribution in [-0.2, 0) is 17.4 Å². The highest BCUT2D eigenvalue weighted by molar-refractivity contribution is 7.80. The number of hydrogen-bond donors (Lipinski definition) is 3. The Hall–Kier alpha value is -4.23. The van der Waals surface area contributed by atoms with Gasteiger partial charge in [0.1, 0.15) is 23.0 Å². The molecule has 2 aromatic heterocycles. The van der Waals surface area contributed by atoms with Crippen LogP contribution in [0.3, 0.4) is 0 Å². The van der Waals surface area contributed by atoms with Crippen molar-refractivity contribution < 1.29 is 26.7 Å². The summed E-state index contributed by atoms with van der Waals surface area (Å²) in [5, 5.41) is 3.07. The second kappa shape index (κ2) is 9.95. The summed E-state index contributed by atoms with van der Waals surface area (Å²) in [6, 6.07) is 16.8. The largest absolute Gasteiger partial charge is 0.755 e. The van der Waals surface area contributed by atoms with Crippen LogP contribution < -0.4 is 20.5 Å². The number of anilines is 4. The van der Waals surface area contributed by atoms with E-state index in [9.17, 15) is 21.9 Å². The standard InChI is InChI=1S/C22H17F3N6O3S/c23-22(24,25)19-11-17(9-10-27-19)34-16-7-5-14(6-8-16)28-20-12-18(29-21(26)30-20)13-1-3-15(4-2-13)31-35(32)33/h1-12,31H,(H,32,33)(H3,26,28,29,30)/p-1. The average molecular weight is 501 g/mol. The minimum atomic E-state index is -4.57. The van der Waals surface area contributed by atoms with Gasteiger partial charge in [-0.05, 0) is 42.5 Å². The number of aromatic nitrogens is 3. The molecule has 0 radical (unpaired) electrons. The van der Waals surface area contributed by atoms with E-state index in [1.54, 1.807) is 54.6 Å². The van der Waals surface area contributed by atoms with E-state index in [1.165, 1.54) is 6.07 Å². The molecule has 4 N–H and O–H groups in total. The monoisotopic (exact) mass is 501 g/mol. The Labute approximate surface area is 199 Å². The summed E-state index contributed by atoms with van der Waals surface area (Å²) < 4.78 is 67.7. The first-order chi connectivity index (χ1) is 16.7. The number of rotatable bonds is 7. The third-order valence-electron chi connectivity index (χ3n) is 4.51. The quantitative estimate of drug-likeness (QED) is 0.305. The van der Waals surface area contributed by atoms with Crippen molar-refractivity contribution in [3.8, 4) is 22.8 Å². The van der Waals surface area contributed by atoms with Crippen molar-refractivity contribution in [3.63, 3.8) is 0 Å². The Balaban J connectivity index is 1.47. The van der Waals surface area contributed by atoms with Gasteiger partial charge in [-0.15, -0.1) is 0 Å². The van der Waals surface area contributed by atoms with Gasteiger partial charge in [0.15, 0.2) is 0 Å². The highest BCUT2D eigenvalue weighted by Gasteiger charge is 2.32. The molecule has 1 unspecified atom stereocenters. The van der Waals surface area contributed by atoms with Crippen LogP contribution in [0.2, 0.25) is 0 Å². The van der Waals surface area contributed by atoms with Crippen LogP contribution >= 0.6 is 0 Å². The number of nitrogens with two attached hydrogens (primary N) is 1. The molecule has 0 bridgehead atoms. The van der Waals surface area contributed by atoms with Crippen molar-refractivity contribution in [2.24, 2.45) is 0 Å². The van der Waals surface area contributed by atoms with Gasteiger partial charge in [-0.1, -0.05) is 12.1 Å². The molecule has 0 aliphatic carbocycles. The van der Waals surface area contributed by atoms with Gasteiger partial charge in [0, 0.05) is 46.5 Å². The van der Waals surface area contributed by atoms with E-state index in [0.717, 1.165) is 12.3 Å². The number of nitrogens with zero attached hydrogens (tertiary/aromatic N) is 3. The van der Waals surface area contributed by atoms with E-state index >= 15 is 0 Å². The molecule has 1 atom stereocenters. The van der Waals surface area contributed by atoms with Crippen molar-refractivity contribution in [1.82, 2.24) is 15.0 Å². The van der Waals surface area contributed by atoms with E-state index in [-0.39, 0.29) is 11.7 Å². The second-order valence-electron chi connectivity index (χ2n) is 7.04. The Morgan fingerprint density at radius 1 is 0.914 bits per heavy atom. The van der Waals surface area contributed by atoms with E-state index in [0.29, 0.717) is 34.2 Å². The predicted octanol–water partition coefficient (Wildman–Crippen LogP) is 4.88. The van der Waals surface area contributed by atoms with E-state index in [2.05, 4.69) is 25.0 Å². The number of benzene rings is 2. The minimum absolute atomic E-state index is 0.00367. The normalized spacial score (nSPS) is 12.1. The van der Waals surface area contributed by atoms with Crippen LogP contribution in [0.1, 0.15) is 5.69 Å². The number of pyridine rings is 1. The van der Waals surface area contributed by atoms with Gasteiger partial charge in [0.05, 0.1) is 5.69 Å². The van der Waals surface area contributed by atoms with Gasteiger partial charge in [-0.2, -0.15) is 18.2 Å². The molecular weight excluding hydrogens is 485 g/mol. The molecule has 180 valence electrons. The smallest absolute Gasteiger partial charge is 0.433 e. The fraction of sp³-hybridized carbons (Fsp3) is 0.0455. The molecule has 0 fully saturated rings. The Morgan fingerprint density at radius 3 is 2.26 bits per heavy atom. The predicted molar refractivity (Wildman–Crippen MR) is 123 cm³/mol. The van der Waals surface area contributed by atoms with Gasteiger partial charge in [0.2, 0.25) is 5.95 Å². The SMILES string of the molecule is Nc1nc(Nc2ccc(Oc3ccnc(C(F)(F)F)c3)cc2)cc(-c2ccc(NS(=O)[O-])cc2)n1. The maximum absolute atomic E-state index is 12.8. The summed E-state index contributed by atoms with van der Waals surface area (Å²) in [6.07, 6.45) is -3.54. The molecule has 2 aromatic carbocycles.